The Morgan fingerprint density at radius 3 is 3.00 bits per heavy atom. The van der Waals surface area contributed by atoms with E-state index in [-0.39, 0.29) is 0 Å². The van der Waals surface area contributed by atoms with Crippen molar-refractivity contribution < 1.29 is 0 Å². The van der Waals surface area contributed by atoms with Gasteiger partial charge in [0.05, 0.1) is 17.9 Å². The molecule has 0 unspecified atom stereocenters. The van der Waals surface area contributed by atoms with Crippen LogP contribution in [0.15, 0.2) is 34.9 Å². The van der Waals surface area contributed by atoms with Crippen LogP contribution < -0.4 is 0 Å². The molecule has 0 N–H and O–H groups in total. The highest BCUT2D eigenvalue weighted by Crippen LogP contribution is 2.25. The van der Waals surface area contributed by atoms with Crippen LogP contribution in [0.5, 0.6) is 0 Å². The quantitative estimate of drug-likeness (QED) is 0.606. The third kappa shape index (κ3) is 4.34. The normalized spacial score (nSPS) is 11.3. The summed E-state index contributed by atoms with van der Waals surface area (Å²) >= 11 is 3.21. The number of hydrogen-bond acceptors (Lipinski definition) is 8. The Labute approximate surface area is 142 Å². The minimum Gasteiger partial charge on any atom is -0.308 e. The van der Waals surface area contributed by atoms with Gasteiger partial charge in [0.1, 0.15) is 5.01 Å². The van der Waals surface area contributed by atoms with Gasteiger partial charge in [0.25, 0.3) is 0 Å². The summed E-state index contributed by atoms with van der Waals surface area (Å²) in [7, 11) is 4.07. The smallest absolute Gasteiger partial charge is 0.209 e. The lowest BCUT2D eigenvalue weighted by molar-refractivity contribution is 0.361. The Morgan fingerprint density at radius 1 is 1.30 bits per heavy atom. The molecule has 7 nitrogen and oxygen atoms in total. The highest BCUT2D eigenvalue weighted by Gasteiger charge is 2.10. The van der Waals surface area contributed by atoms with E-state index in [0.29, 0.717) is 0 Å². The van der Waals surface area contributed by atoms with Crippen LogP contribution in [-0.4, -0.2) is 55.7 Å². The lowest BCUT2D eigenvalue weighted by Crippen LogP contribution is -2.19. The van der Waals surface area contributed by atoms with Crippen LogP contribution in [0.1, 0.15) is 5.69 Å². The molecule has 9 heteroatoms. The summed E-state index contributed by atoms with van der Waals surface area (Å²) in [4.78, 5) is 11.1. The average Bonchev–Trinajstić information content (AvgIpc) is 3.21. The van der Waals surface area contributed by atoms with E-state index in [1.54, 1.807) is 29.3 Å². The Morgan fingerprint density at radius 2 is 2.22 bits per heavy atom. The van der Waals surface area contributed by atoms with E-state index in [0.717, 1.165) is 40.4 Å². The van der Waals surface area contributed by atoms with Crippen LogP contribution in [0.25, 0.3) is 10.7 Å². The molecule has 0 saturated heterocycles. The topological polar surface area (TPSA) is 72.6 Å². The summed E-state index contributed by atoms with van der Waals surface area (Å²) in [5, 5.41) is 15.7. The number of tetrazole rings is 1. The molecule has 3 heterocycles. The lowest BCUT2D eigenvalue weighted by Gasteiger charge is -2.09. The Hall–Kier alpha value is -1.84. The molecular formula is C14H17N7S2. The predicted octanol–water partition coefficient (Wildman–Crippen LogP) is 2.05. The molecule has 0 bridgehead atoms. The van der Waals surface area contributed by atoms with E-state index < -0.39 is 0 Å². The third-order valence-corrected chi connectivity index (χ3v) is 4.95. The molecule has 3 aromatic heterocycles. The van der Waals surface area contributed by atoms with Gasteiger partial charge in [0.2, 0.25) is 5.16 Å². The number of likely N-dealkylation sites (N-methyl/N-ethyl adjacent to an activating group) is 1. The first-order valence-electron chi connectivity index (χ1n) is 7.12. The van der Waals surface area contributed by atoms with Gasteiger partial charge in [0.15, 0.2) is 0 Å². The fourth-order valence-corrected chi connectivity index (χ4v) is 3.55. The van der Waals surface area contributed by atoms with Crippen LogP contribution in [0.2, 0.25) is 0 Å². The van der Waals surface area contributed by atoms with Crippen molar-refractivity contribution in [3.63, 3.8) is 0 Å². The summed E-state index contributed by atoms with van der Waals surface area (Å²) in [6.07, 6.45) is 1.78. The van der Waals surface area contributed by atoms with Crippen molar-refractivity contribution >= 4 is 23.1 Å². The molecule has 0 amide bonds. The summed E-state index contributed by atoms with van der Waals surface area (Å²) in [5.41, 5.74) is 1.92. The second-order valence-corrected chi connectivity index (χ2v) is 6.94. The fraction of sp³-hybridized carbons (Fsp3) is 0.357. The Balaban J connectivity index is 1.61. The maximum Gasteiger partial charge on any atom is 0.209 e. The molecule has 3 rings (SSSR count). The number of pyridine rings is 1. The number of hydrogen-bond donors (Lipinski definition) is 0. The number of thioether (sulfide) groups is 1. The molecule has 0 aliphatic carbocycles. The van der Waals surface area contributed by atoms with Crippen molar-refractivity contribution in [1.29, 1.82) is 0 Å². The molecule has 0 fully saturated rings. The van der Waals surface area contributed by atoms with Crippen molar-refractivity contribution in [2.45, 2.75) is 17.5 Å². The molecular weight excluding hydrogens is 330 g/mol. The van der Waals surface area contributed by atoms with Gasteiger partial charge < -0.3 is 4.90 Å². The van der Waals surface area contributed by atoms with Crippen molar-refractivity contribution in [1.82, 2.24) is 35.1 Å². The highest BCUT2D eigenvalue weighted by molar-refractivity contribution is 7.98. The van der Waals surface area contributed by atoms with E-state index in [2.05, 4.69) is 35.8 Å². The van der Waals surface area contributed by atoms with Gasteiger partial charge in [-0.3, -0.25) is 4.98 Å². The number of nitrogens with zero attached hydrogens (tertiary/aromatic N) is 7. The van der Waals surface area contributed by atoms with Crippen molar-refractivity contribution in [3.05, 3.63) is 35.5 Å². The van der Waals surface area contributed by atoms with E-state index in [1.165, 1.54) is 0 Å². The van der Waals surface area contributed by atoms with Gasteiger partial charge in [-0.05, 0) is 36.7 Å². The maximum atomic E-state index is 4.63. The molecule has 0 spiro atoms. The molecule has 0 radical (unpaired) electrons. The lowest BCUT2D eigenvalue weighted by atomic mass is 10.4. The molecule has 0 atom stereocenters. The van der Waals surface area contributed by atoms with E-state index >= 15 is 0 Å². The molecule has 3 aromatic rings. The molecule has 23 heavy (non-hydrogen) atoms. The first-order valence-corrected chi connectivity index (χ1v) is 8.98. The second-order valence-electron chi connectivity index (χ2n) is 5.14. The van der Waals surface area contributed by atoms with Crippen molar-refractivity contribution in [2.75, 3.05) is 20.6 Å². The number of thiazole rings is 1. The average molecular weight is 347 g/mol. The minimum absolute atomic E-state index is 0.742. The molecule has 120 valence electrons. The van der Waals surface area contributed by atoms with Gasteiger partial charge in [-0.2, -0.15) is 0 Å². The van der Waals surface area contributed by atoms with Gasteiger partial charge in [-0.15, -0.1) is 16.4 Å². The van der Waals surface area contributed by atoms with Gasteiger partial charge in [0, 0.05) is 23.9 Å². The molecule has 0 aliphatic rings. The molecule has 0 aliphatic heterocycles. The SMILES string of the molecule is CN(C)CCn1nnnc1SCc1csc(-c2ccccn2)n1. The Kier molecular flexibility index (Phi) is 5.31. The van der Waals surface area contributed by atoms with Crippen LogP contribution in [0, 0.1) is 0 Å². The zero-order valence-electron chi connectivity index (χ0n) is 13.0. The monoisotopic (exact) mass is 347 g/mol. The minimum atomic E-state index is 0.742. The fourth-order valence-electron chi connectivity index (χ4n) is 1.85. The van der Waals surface area contributed by atoms with E-state index in [1.807, 2.05) is 37.0 Å². The van der Waals surface area contributed by atoms with Crippen LogP contribution in [0.3, 0.4) is 0 Å². The first-order chi connectivity index (χ1) is 11.2. The van der Waals surface area contributed by atoms with Crippen molar-refractivity contribution in [3.8, 4) is 10.7 Å². The molecule has 0 aromatic carbocycles. The van der Waals surface area contributed by atoms with Gasteiger partial charge >= 0.3 is 0 Å². The van der Waals surface area contributed by atoms with Crippen LogP contribution >= 0.6 is 23.1 Å². The van der Waals surface area contributed by atoms with E-state index in [4.69, 9.17) is 0 Å². The zero-order chi connectivity index (χ0) is 16.1. The molecule has 0 saturated carbocycles. The number of rotatable bonds is 7. The summed E-state index contributed by atoms with van der Waals surface area (Å²) in [6.45, 7) is 1.68. The number of aromatic nitrogens is 6. The summed E-state index contributed by atoms with van der Waals surface area (Å²) < 4.78 is 1.83. The first kappa shape index (κ1) is 16.0. The third-order valence-electron chi connectivity index (χ3n) is 3.04. The zero-order valence-corrected chi connectivity index (χ0v) is 14.6. The maximum absolute atomic E-state index is 4.63. The Bertz CT molecular complexity index is 738. The van der Waals surface area contributed by atoms with Gasteiger partial charge in [-0.1, -0.05) is 17.8 Å². The predicted molar refractivity (Wildman–Crippen MR) is 91.3 cm³/mol. The largest absolute Gasteiger partial charge is 0.308 e. The van der Waals surface area contributed by atoms with Gasteiger partial charge in [-0.25, -0.2) is 9.67 Å². The van der Waals surface area contributed by atoms with Crippen LogP contribution in [0.4, 0.5) is 0 Å². The standard InChI is InChI=1S/C14H17N7S2/c1-20(2)7-8-21-14(17-18-19-21)23-10-11-9-22-13(16-11)12-5-3-4-6-15-12/h3-6,9H,7-8,10H2,1-2H3. The van der Waals surface area contributed by atoms with Crippen molar-refractivity contribution in [2.24, 2.45) is 0 Å². The summed E-state index contributed by atoms with van der Waals surface area (Å²) in [6, 6.07) is 5.84. The van der Waals surface area contributed by atoms with Crippen LogP contribution in [-0.2, 0) is 12.3 Å². The summed E-state index contributed by atoms with van der Waals surface area (Å²) in [5.74, 6) is 0.742. The highest BCUT2D eigenvalue weighted by atomic mass is 32.2. The second kappa shape index (κ2) is 7.62. The van der Waals surface area contributed by atoms with E-state index in [9.17, 15) is 0 Å².